The highest BCUT2D eigenvalue weighted by Gasteiger charge is 2.36. The second-order valence-electron chi connectivity index (χ2n) is 3.83. The summed E-state index contributed by atoms with van der Waals surface area (Å²) in [6, 6.07) is 8.36. The maximum absolute atomic E-state index is 9.56. The molecule has 2 nitrogen and oxygen atoms in total. The number of rotatable bonds is 1. The van der Waals surface area contributed by atoms with E-state index in [1.165, 1.54) is 9.26 Å². The van der Waals surface area contributed by atoms with Gasteiger partial charge in [0.2, 0.25) is 0 Å². The quantitative estimate of drug-likeness (QED) is 0.798. The highest BCUT2D eigenvalue weighted by atomic mass is 127. The topological polar surface area (TPSA) is 23.5 Å². The standard InChI is InChI=1S/C10H12INO/c1-10(13)6-12(7-10)9-4-2-8(11)3-5-9/h2-5,13H,6-7H2,1H3. The fraction of sp³-hybridized carbons (Fsp3) is 0.400. The van der Waals surface area contributed by atoms with Gasteiger partial charge < -0.3 is 10.0 Å². The van der Waals surface area contributed by atoms with Crippen LogP contribution in [0.2, 0.25) is 0 Å². The van der Waals surface area contributed by atoms with Crippen LogP contribution in [0, 0.1) is 3.57 Å². The summed E-state index contributed by atoms with van der Waals surface area (Å²) in [5.74, 6) is 0. The first-order chi connectivity index (χ1) is 6.07. The number of β-amino-alcohol motifs (C(OH)–C–C–N with tert-alkyl or cyclic N) is 1. The zero-order valence-corrected chi connectivity index (χ0v) is 9.65. The Morgan fingerprint density at radius 3 is 2.31 bits per heavy atom. The van der Waals surface area contributed by atoms with Crippen molar-refractivity contribution in [2.75, 3.05) is 18.0 Å². The highest BCUT2D eigenvalue weighted by molar-refractivity contribution is 14.1. The molecule has 0 atom stereocenters. The minimum Gasteiger partial charge on any atom is -0.386 e. The predicted molar refractivity (Wildman–Crippen MR) is 62.0 cm³/mol. The molecule has 1 aliphatic rings. The van der Waals surface area contributed by atoms with Crippen LogP contribution < -0.4 is 4.90 Å². The summed E-state index contributed by atoms with van der Waals surface area (Å²) in [6.45, 7) is 3.36. The lowest BCUT2D eigenvalue weighted by Gasteiger charge is -2.45. The Hall–Kier alpha value is -0.290. The van der Waals surface area contributed by atoms with Crippen molar-refractivity contribution in [1.82, 2.24) is 0 Å². The SMILES string of the molecule is CC1(O)CN(c2ccc(I)cc2)C1. The lowest BCUT2D eigenvalue weighted by Crippen LogP contribution is -2.60. The van der Waals surface area contributed by atoms with Gasteiger partial charge in [0.25, 0.3) is 0 Å². The van der Waals surface area contributed by atoms with Crippen molar-refractivity contribution in [2.45, 2.75) is 12.5 Å². The molecular weight excluding hydrogens is 277 g/mol. The number of aliphatic hydroxyl groups is 1. The van der Waals surface area contributed by atoms with Crippen LogP contribution in [0.4, 0.5) is 5.69 Å². The smallest absolute Gasteiger partial charge is 0.0967 e. The van der Waals surface area contributed by atoms with Gasteiger partial charge in [-0.1, -0.05) is 0 Å². The van der Waals surface area contributed by atoms with E-state index in [9.17, 15) is 5.11 Å². The fourth-order valence-corrected chi connectivity index (χ4v) is 1.97. The van der Waals surface area contributed by atoms with Crippen molar-refractivity contribution in [3.8, 4) is 0 Å². The maximum atomic E-state index is 9.56. The molecule has 0 aromatic heterocycles. The summed E-state index contributed by atoms with van der Waals surface area (Å²) in [5.41, 5.74) is 0.718. The molecule has 1 aliphatic heterocycles. The molecule has 70 valence electrons. The van der Waals surface area contributed by atoms with Crippen LogP contribution in [-0.4, -0.2) is 23.8 Å². The van der Waals surface area contributed by atoms with Crippen LogP contribution in [0.15, 0.2) is 24.3 Å². The molecule has 0 bridgehead atoms. The van der Waals surface area contributed by atoms with Gasteiger partial charge in [0.15, 0.2) is 0 Å². The first-order valence-electron chi connectivity index (χ1n) is 4.30. The summed E-state index contributed by atoms with van der Waals surface area (Å²) >= 11 is 2.29. The minimum absolute atomic E-state index is 0.483. The van der Waals surface area contributed by atoms with Gasteiger partial charge in [-0.05, 0) is 53.8 Å². The van der Waals surface area contributed by atoms with Crippen molar-refractivity contribution in [1.29, 1.82) is 0 Å². The van der Waals surface area contributed by atoms with Gasteiger partial charge in [-0.3, -0.25) is 0 Å². The summed E-state index contributed by atoms with van der Waals surface area (Å²) in [5, 5.41) is 9.56. The van der Waals surface area contributed by atoms with Crippen molar-refractivity contribution < 1.29 is 5.11 Å². The zero-order chi connectivity index (χ0) is 9.47. The Labute approximate surface area is 91.7 Å². The van der Waals surface area contributed by atoms with Crippen LogP contribution in [0.1, 0.15) is 6.92 Å². The minimum atomic E-state index is -0.483. The molecule has 2 rings (SSSR count). The van der Waals surface area contributed by atoms with Crippen LogP contribution in [0.3, 0.4) is 0 Å². The number of hydrogen-bond acceptors (Lipinski definition) is 2. The molecular formula is C10H12INO. The normalized spacial score (nSPS) is 19.8. The van der Waals surface area contributed by atoms with E-state index in [2.05, 4.69) is 51.8 Å². The van der Waals surface area contributed by atoms with E-state index < -0.39 is 5.60 Å². The summed E-state index contributed by atoms with van der Waals surface area (Å²) in [7, 11) is 0. The van der Waals surface area contributed by atoms with Crippen LogP contribution in [-0.2, 0) is 0 Å². The molecule has 1 heterocycles. The molecule has 0 aliphatic carbocycles. The lowest BCUT2D eigenvalue weighted by molar-refractivity contribution is 0.0310. The van der Waals surface area contributed by atoms with Gasteiger partial charge in [0, 0.05) is 22.3 Å². The molecule has 0 radical (unpaired) electrons. The second-order valence-corrected chi connectivity index (χ2v) is 5.08. The average molecular weight is 289 g/mol. The number of nitrogens with zero attached hydrogens (tertiary/aromatic N) is 1. The van der Waals surface area contributed by atoms with Crippen LogP contribution in [0.25, 0.3) is 0 Å². The fourth-order valence-electron chi connectivity index (χ4n) is 1.61. The molecule has 1 aromatic rings. The highest BCUT2D eigenvalue weighted by Crippen LogP contribution is 2.27. The number of hydrogen-bond donors (Lipinski definition) is 1. The molecule has 1 aromatic carbocycles. The third-order valence-corrected chi connectivity index (χ3v) is 2.97. The average Bonchev–Trinajstić information content (AvgIpc) is 2.01. The van der Waals surface area contributed by atoms with Gasteiger partial charge in [0.1, 0.15) is 0 Å². The maximum Gasteiger partial charge on any atom is 0.0967 e. The van der Waals surface area contributed by atoms with E-state index >= 15 is 0 Å². The van der Waals surface area contributed by atoms with Crippen molar-refractivity contribution >= 4 is 28.3 Å². The Morgan fingerprint density at radius 2 is 1.85 bits per heavy atom. The molecule has 0 amide bonds. The van der Waals surface area contributed by atoms with Gasteiger partial charge in [0.05, 0.1) is 5.60 Å². The third-order valence-electron chi connectivity index (χ3n) is 2.25. The Balaban J connectivity index is 2.08. The summed E-state index contributed by atoms with van der Waals surface area (Å²) in [6.07, 6.45) is 0. The number of anilines is 1. The van der Waals surface area contributed by atoms with E-state index in [0.717, 1.165) is 13.1 Å². The number of benzene rings is 1. The van der Waals surface area contributed by atoms with E-state index in [0.29, 0.717) is 0 Å². The van der Waals surface area contributed by atoms with Crippen molar-refractivity contribution in [3.63, 3.8) is 0 Å². The van der Waals surface area contributed by atoms with E-state index in [4.69, 9.17) is 0 Å². The molecule has 0 unspecified atom stereocenters. The number of halogens is 1. The molecule has 3 heteroatoms. The second kappa shape index (κ2) is 3.13. The summed E-state index contributed by atoms with van der Waals surface area (Å²) < 4.78 is 1.24. The largest absolute Gasteiger partial charge is 0.386 e. The van der Waals surface area contributed by atoms with E-state index in [-0.39, 0.29) is 0 Å². The molecule has 1 fully saturated rings. The Kier molecular flexibility index (Phi) is 2.23. The van der Waals surface area contributed by atoms with E-state index in [1.807, 2.05) is 6.92 Å². The van der Waals surface area contributed by atoms with Crippen molar-refractivity contribution in [2.24, 2.45) is 0 Å². The third kappa shape index (κ3) is 1.96. The van der Waals surface area contributed by atoms with Gasteiger partial charge in [-0.2, -0.15) is 0 Å². The van der Waals surface area contributed by atoms with Crippen LogP contribution >= 0.6 is 22.6 Å². The molecule has 1 N–H and O–H groups in total. The Bertz CT molecular complexity index is 299. The van der Waals surface area contributed by atoms with Gasteiger partial charge in [-0.15, -0.1) is 0 Å². The predicted octanol–water partition coefficient (Wildman–Crippen LogP) is 1.86. The van der Waals surface area contributed by atoms with Gasteiger partial charge in [-0.25, -0.2) is 0 Å². The molecule has 0 spiro atoms. The lowest BCUT2D eigenvalue weighted by atomic mass is 9.96. The zero-order valence-electron chi connectivity index (χ0n) is 7.50. The monoisotopic (exact) mass is 289 g/mol. The molecule has 0 saturated carbocycles. The first-order valence-corrected chi connectivity index (χ1v) is 5.38. The molecule has 13 heavy (non-hydrogen) atoms. The van der Waals surface area contributed by atoms with Crippen molar-refractivity contribution in [3.05, 3.63) is 27.8 Å². The van der Waals surface area contributed by atoms with Gasteiger partial charge >= 0.3 is 0 Å². The van der Waals surface area contributed by atoms with E-state index in [1.54, 1.807) is 0 Å². The van der Waals surface area contributed by atoms with Crippen LogP contribution in [0.5, 0.6) is 0 Å². The Morgan fingerprint density at radius 1 is 1.31 bits per heavy atom. The summed E-state index contributed by atoms with van der Waals surface area (Å²) in [4.78, 5) is 2.18. The molecule has 1 saturated heterocycles. The first kappa shape index (κ1) is 9.27.